The van der Waals surface area contributed by atoms with Crippen molar-refractivity contribution in [3.63, 3.8) is 0 Å². The number of hydrogen-bond acceptors (Lipinski definition) is 4. The number of aromatic nitrogens is 2. The Morgan fingerprint density at radius 1 is 0.279 bits per heavy atom. The van der Waals surface area contributed by atoms with E-state index < -0.39 is 0 Å². The quantitative estimate of drug-likeness (QED) is 0.0377. The topological polar surface area (TPSA) is 38.9 Å². The van der Waals surface area contributed by atoms with Crippen molar-refractivity contribution in [2.24, 2.45) is 0 Å². The van der Waals surface area contributed by atoms with Gasteiger partial charge < -0.3 is 4.42 Å². The number of fused-ring (bicyclic) bond motifs is 12. The van der Waals surface area contributed by atoms with Crippen LogP contribution in [0.15, 0.2) is 211 Å². The van der Waals surface area contributed by atoms with Gasteiger partial charge in [-0.05, 0) is 184 Å². The van der Waals surface area contributed by atoms with Gasteiger partial charge in [-0.1, -0.05) is 332 Å². The molecule has 13 aromatic rings. The van der Waals surface area contributed by atoms with Crippen molar-refractivity contribution in [2.45, 2.75) is 232 Å². The number of aryl methyl sites for hydroxylation is 2. The molecule has 2 aliphatic carbocycles. The van der Waals surface area contributed by atoms with E-state index in [0.717, 1.165) is 63.1 Å². The number of unbranched alkanes of at least 4 members (excludes halogenated alkanes) is 20. The molecule has 0 radical (unpaired) electrons. The Bertz CT molecular complexity index is 5140. The Kier molecular flexibility index (Phi) is 22.1. The van der Waals surface area contributed by atoms with Crippen LogP contribution in [0.4, 0.5) is 0 Å². The molecule has 0 atom stereocenters. The van der Waals surface area contributed by atoms with Crippen molar-refractivity contribution < 1.29 is 4.42 Å². The molecule has 2 aliphatic rings. The van der Waals surface area contributed by atoms with E-state index in [9.17, 15) is 0 Å². The minimum Gasteiger partial charge on any atom is -0.456 e. The number of rotatable bonds is 34. The van der Waals surface area contributed by atoms with Crippen molar-refractivity contribution in [2.75, 3.05) is 0 Å². The second-order valence-corrected chi connectivity index (χ2v) is 32.4. The van der Waals surface area contributed by atoms with Gasteiger partial charge in [0.05, 0.1) is 11.4 Å². The number of para-hydroxylation sites is 1. The van der Waals surface area contributed by atoms with E-state index in [4.69, 9.17) is 14.4 Å². The Labute approximate surface area is 625 Å². The number of thiophene rings is 1. The minimum absolute atomic E-state index is 0.0717. The summed E-state index contributed by atoms with van der Waals surface area (Å²) in [4.78, 5) is 11.7. The third-order valence-electron chi connectivity index (χ3n) is 24.0. The predicted molar refractivity (Wildman–Crippen MR) is 449 cm³/mol. The van der Waals surface area contributed by atoms with Crippen LogP contribution < -0.4 is 0 Å². The molecule has 15 rings (SSSR count). The average Bonchev–Trinajstić information content (AvgIpc) is 1.57. The summed E-state index contributed by atoms with van der Waals surface area (Å²) in [5, 5.41) is 4.78. The standard InChI is InChI=1S/C100H108N2OS/c1-7-11-15-19-23-31-55-99(56-32-24-20-16-12-8-2)88-60-70(6)45-50-80(88)82-52-47-75(64-90(82)99)92-67-93(102-98(101-92)77-49-54-96-86(62-77)87-66-85-84-43-29-30-44-94(84)103-95(85)68-97(87)104-96)76-48-53-83-81-51-46-72(71-38-36-40-74(61-71)79-42-28-27-41-78(79)73-39-35-37-69(5)59-73)63-89(81)100(91(83)65-76,57-33-25-21-17-13-9-3)58-34-26-22-18-14-10-4/h27-30,35-54,59-68H,7-26,31-34,55-58H2,1-6H3. The summed E-state index contributed by atoms with van der Waals surface area (Å²) in [7, 11) is 0. The molecule has 0 bridgehead atoms. The molecule has 0 unspecified atom stereocenters. The third kappa shape index (κ3) is 14.5. The lowest BCUT2D eigenvalue weighted by Crippen LogP contribution is -2.26. The molecule has 0 fully saturated rings. The molecule has 3 aromatic heterocycles. The van der Waals surface area contributed by atoms with Gasteiger partial charge in [-0.2, -0.15) is 0 Å². The number of benzene rings is 10. The average molecular weight is 1390 g/mol. The summed E-state index contributed by atoms with van der Waals surface area (Å²) in [6.07, 6.45) is 35.3. The molecule has 0 amide bonds. The summed E-state index contributed by atoms with van der Waals surface area (Å²) in [6.45, 7) is 13.9. The Balaban J connectivity index is 0.886. The minimum atomic E-state index is -0.181. The normalized spacial score (nSPS) is 13.4. The van der Waals surface area contributed by atoms with Gasteiger partial charge in [0, 0.05) is 58.5 Å². The molecule has 0 N–H and O–H groups in total. The molecule has 530 valence electrons. The first-order chi connectivity index (χ1) is 51.2. The zero-order valence-electron chi connectivity index (χ0n) is 63.1. The first-order valence-electron chi connectivity index (χ1n) is 40.7. The smallest absolute Gasteiger partial charge is 0.160 e. The molecule has 3 heterocycles. The van der Waals surface area contributed by atoms with Crippen LogP contribution in [0.1, 0.15) is 241 Å². The number of hydrogen-bond donors (Lipinski definition) is 0. The van der Waals surface area contributed by atoms with Gasteiger partial charge in [-0.25, -0.2) is 9.97 Å². The molecular weight excluding hydrogens is 1280 g/mol. The number of furan rings is 1. The van der Waals surface area contributed by atoms with Crippen LogP contribution in [0.3, 0.4) is 0 Å². The van der Waals surface area contributed by atoms with Gasteiger partial charge in [0.2, 0.25) is 0 Å². The summed E-state index contributed by atoms with van der Waals surface area (Å²) in [5.74, 6) is 0.765. The van der Waals surface area contributed by atoms with E-state index in [2.05, 4.69) is 248 Å². The van der Waals surface area contributed by atoms with Crippen LogP contribution in [-0.2, 0) is 10.8 Å². The number of nitrogens with zero attached hydrogens (tertiary/aromatic N) is 2. The Morgan fingerprint density at radius 3 is 1.27 bits per heavy atom. The summed E-state index contributed by atoms with van der Waals surface area (Å²) < 4.78 is 8.95. The molecule has 0 saturated carbocycles. The highest BCUT2D eigenvalue weighted by atomic mass is 32.1. The lowest BCUT2D eigenvalue weighted by atomic mass is 9.70. The van der Waals surface area contributed by atoms with Crippen LogP contribution in [0.25, 0.3) is 132 Å². The van der Waals surface area contributed by atoms with E-state index in [1.807, 2.05) is 11.3 Å². The molecule has 4 heteroatoms. The first kappa shape index (κ1) is 70.9. The fraction of sp³-hybridized carbons (Fsp3) is 0.360. The van der Waals surface area contributed by atoms with Crippen LogP contribution in [0.2, 0.25) is 0 Å². The molecule has 0 spiro atoms. The van der Waals surface area contributed by atoms with Gasteiger partial charge in [0.1, 0.15) is 11.2 Å². The van der Waals surface area contributed by atoms with Crippen molar-refractivity contribution in [3.05, 3.63) is 240 Å². The fourth-order valence-electron chi connectivity index (χ4n) is 18.4. The zero-order chi connectivity index (χ0) is 71.0. The van der Waals surface area contributed by atoms with Gasteiger partial charge in [0.15, 0.2) is 5.82 Å². The predicted octanol–water partition coefficient (Wildman–Crippen LogP) is 30.9. The zero-order valence-corrected chi connectivity index (χ0v) is 64.0. The van der Waals surface area contributed by atoms with Crippen molar-refractivity contribution >= 4 is 53.4 Å². The van der Waals surface area contributed by atoms with Crippen LogP contribution in [0, 0.1) is 13.8 Å². The molecule has 3 nitrogen and oxygen atoms in total. The highest BCUT2D eigenvalue weighted by Crippen LogP contribution is 2.58. The maximum absolute atomic E-state index is 6.48. The van der Waals surface area contributed by atoms with Crippen molar-refractivity contribution in [3.8, 4) is 89.5 Å². The SMILES string of the molecule is CCCCCCCCC1(CCCCCCCC)c2cc(C)ccc2-c2ccc(-c3cc(-c4ccc5c(c4)C(CCCCCCCC)(CCCCCCCC)c4cc(-c6cccc(-c7ccccc7-c7cccc(C)c7)c6)ccc4-5)nc(-c4ccc5sc6cc7oc8ccccc8c7cc6c5c4)n3)cc21. The molecular formula is C100H108N2OS. The van der Waals surface area contributed by atoms with E-state index in [-0.39, 0.29) is 10.8 Å². The monoisotopic (exact) mass is 1380 g/mol. The van der Waals surface area contributed by atoms with Crippen LogP contribution >= 0.6 is 11.3 Å². The lowest BCUT2D eigenvalue weighted by Gasteiger charge is -2.33. The van der Waals surface area contributed by atoms with Gasteiger partial charge in [-0.3, -0.25) is 0 Å². The van der Waals surface area contributed by atoms with Gasteiger partial charge >= 0.3 is 0 Å². The van der Waals surface area contributed by atoms with E-state index in [1.165, 1.54) is 276 Å². The van der Waals surface area contributed by atoms with E-state index in [0.29, 0.717) is 0 Å². The Hall–Kier alpha value is -8.70. The maximum atomic E-state index is 6.48. The fourth-order valence-corrected chi connectivity index (χ4v) is 19.5. The highest BCUT2D eigenvalue weighted by molar-refractivity contribution is 7.25. The Morgan fingerprint density at radius 2 is 0.712 bits per heavy atom. The molecule has 0 aliphatic heterocycles. The second-order valence-electron chi connectivity index (χ2n) is 31.3. The summed E-state index contributed by atoms with van der Waals surface area (Å²) >= 11 is 1.84. The van der Waals surface area contributed by atoms with Crippen LogP contribution in [-0.4, -0.2) is 9.97 Å². The molecule has 0 saturated heterocycles. The highest BCUT2D eigenvalue weighted by Gasteiger charge is 2.44. The van der Waals surface area contributed by atoms with Crippen molar-refractivity contribution in [1.29, 1.82) is 0 Å². The van der Waals surface area contributed by atoms with E-state index >= 15 is 0 Å². The second kappa shape index (κ2) is 32.3. The lowest BCUT2D eigenvalue weighted by molar-refractivity contribution is 0.398. The van der Waals surface area contributed by atoms with Crippen molar-refractivity contribution in [1.82, 2.24) is 9.97 Å². The first-order valence-corrected chi connectivity index (χ1v) is 41.5. The maximum Gasteiger partial charge on any atom is 0.160 e. The third-order valence-corrected chi connectivity index (χ3v) is 25.1. The van der Waals surface area contributed by atoms with Crippen LogP contribution in [0.5, 0.6) is 0 Å². The largest absolute Gasteiger partial charge is 0.456 e. The van der Waals surface area contributed by atoms with Gasteiger partial charge in [0.25, 0.3) is 0 Å². The summed E-state index contributed by atoms with van der Waals surface area (Å²) in [6, 6.07) is 79.8. The summed E-state index contributed by atoms with van der Waals surface area (Å²) in [5.41, 5.74) is 28.8. The molecule has 104 heavy (non-hydrogen) atoms. The molecule has 10 aromatic carbocycles. The van der Waals surface area contributed by atoms with Gasteiger partial charge in [-0.15, -0.1) is 11.3 Å². The van der Waals surface area contributed by atoms with E-state index in [1.54, 1.807) is 5.56 Å².